The lowest BCUT2D eigenvalue weighted by molar-refractivity contribution is -0.115. The Morgan fingerprint density at radius 2 is 1.76 bits per heavy atom. The van der Waals surface area contributed by atoms with Crippen molar-refractivity contribution >= 4 is 60.6 Å². The Bertz CT molecular complexity index is 1220. The largest absolute Gasteiger partial charge is 0.449 e. The molecule has 12 heteroatoms. The van der Waals surface area contributed by atoms with Crippen LogP contribution in [0.4, 0.5) is 10.5 Å². The maximum absolute atomic E-state index is 13.0. The van der Waals surface area contributed by atoms with Crippen molar-refractivity contribution in [2.75, 3.05) is 45.7 Å². The Labute approximate surface area is 227 Å². The van der Waals surface area contributed by atoms with Gasteiger partial charge < -0.3 is 19.9 Å². The summed E-state index contributed by atoms with van der Waals surface area (Å²) in [5, 5.41) is 4.42. The van der Waals surface area contributed by atoms with Crippen LogP contribution in [-0.4, -0.2) is 71.9 Å². The molecule has 0 saturated heterocycles. The number of carbonyl (C=O) groups is 2. The first-order valence-corrected chi connectivity index (χ1v) is 15.5. The van der Waals surface area contributed by atoms with Crippen LogP contribution in [0, 0.1) is 0 Å². The standard InChI is InChI=1S/C25H36N4O5S3/c1-18(2)35-36-23(19(3)29(6)17-30)13-16-34-25(31)26-14-15-27-37(32,33)24-12-8-9-20-21(24)10-7-11-22(20)28(4)5/h7-12,17-18,27H,13-16H2,1-6H3,(H,26,31). The first kappa shape index (κ1) is 30.8. The Kier molecular flexibility index (Phi) is 12.1. The third-order valence-electron chi connectivity index (χ3n) is 5.31. The highest BCUT2D eigenvalue weighted by Gasteiger charge is 2.18. The third-order valence-corrected chi connectivity index (χ3v) is 10.1. The number of ether oxygens (including phenoxy) is 1. The molecule has 9 nitrogen and oxygen atoms in total. The lowest BCUT2D eigenvalue weighted by Crippen LogP contribution is -2.35. The molecule has 0 unspecified atom stereocenters. The number of rotatable bonds is 14. The summed E-state index contributed by atoms with van der Waals surface area (Å²) in [6.07, 6.45) is 0.566. The second kappa shape index (κ2) is 14.5. The third kappa shape index (κ3) is 9.13. The van der Waals surface area contributed by atoms with Crippen LogP contribution in [-0.2, 0) is 19.6 Å². The van der Waals surface area contributed by atoms with E-state index in [0.29, 0.717) is 17.1 Å². The predicted molar refractivity (Wildman–Crippen MR) is 154 cm³/mol. The number of amides is 2. The summed E-state index contributed by atoms with van der Waals surface area (Å²) < 4.78 is 33.7. The van der Waals surface area contributed by atoms with E-state index < -0.39 is 16.1 Å². The van der Waals surface area contributed by atoms with Crippen molar-refractivity contribution in [3.63, 3.8) is 0 Å². The number of nitrogens with zero attached hydrogens (tertiary/aromatic N) is 2. The highest BCUT2D eigenvalue weighted by atomic mass is 33.1. The number of nitrogens with one attached hydrogen (secondary N) is 2. The number of hydrogen-bond donors (Lipinski definition) is 2. The minimum Gasteiger partial charge on any atom is -0.449 e. The average Bonchev–Trinajstić information content (AvgIpc) is 2.86. The second-order valence-corrected chi connectivity index (χ2v) is 13.3. The number of carbonyl (C=O) groups excluding carboxylic acids is 2. The zero-order valence-corrected chi connectivity index (χ0v) is 24.6. The van der Waals surface area contributed by atoms with Gasteiger partial charge in [0, 0.05) is 73.0 Å². The normalized spacial score (nSPS) is 12.3. The zero-order valence-electron chi connectivity index (χ0n) is 22.1. The van der Waals surface area contributed by atoms with Crippen LogP contribution in [0.1, 0.15) is 27.2 Å². The molecule has 0 heterocycles. The molecule has 0 aromatic heterocycles. The molecule has 204 valence electrons. The van der Waals surface area contributed by atoms with Crippen molar-refractivity contribution in [2.45, 2.75) is 37.3 Å². The molecule has 0 aliphatic heterocycles. The van der Waals surface area contributed by atoms with E-state index in [1.54, 1.807) is 46.8 Å². The van der Waals surface area contributed by atoms with Gasteiger partial charge in [-0.3, -0.25) is 4.79 Å². The SMILES string of the molecule is CC(=C(CCOC(=O)NCCNS(=O)(=O)c1cccc2c(N(C)C)cccc12)SSC(C)C)N(C)C=O. The Morgan fingerprint density at radius 3 is 2.41 bits per heavy atom. The van der Waals surface area contributed by atoms with Crippen LogP contribution in [0.2, 0.25) is 0 Å². The minimum atomic E-state index is -3.79. The van der Waals surface area contributed by atoms with Crippen LogP contribution in [0.3, 0.4) is 0 Å². The van der Waals surface area contributed by atoms with E-state index in [1.165, 1.54) is 4.90 Å². The number of fused-ring (bicyclic) bond motifs is 1. The van der Waals surface area contributed by atoms with Crippen LogP contribution < -0.4 is 14.9 Å². The van der Waals surface area contributed by atoms with Gasteiger partial charge in [-0.05, 0) is 19.1 Å². The van der Waals surface area contributed by atoms with E-state index in [1.807, 2.05) is 44.1 Å². The summed E-state index contributed by atoms with van der Waals surface area (Å²) in [6, 6.07) is 10.7. The fourth-order valence-corrected chi connectivity index (χ4v) is 6.85. The van der Waals surface area contributed by atoms with Gasteiger partial charge in [-0.15, -0.1) is 0 Å². The molecule has 0 fully saturated rings. The molecule has 2 aromatic carbocycles. The monoisotopic (exact) mass is 568 g/mol. The first-order chi connectivity index (χ1) is 17.5. The fraction of sp³-hybridized carbons (Fsp3) is 0.440. The average molecular weight is 569 g/mol. The van der Waals surface area contributed by atoms with Crippen LogP contribution >= 0.6 is 21.6 Å². The molecule has 2 aromatic rings. The summed E-state index contributed by atoms with van der Waals surface area (Å²) in [5.41, 5.74) is 1.73. The molecule has 0 bridgehead atoms. The number of benzene rings is 2. The molecular formula is C25H36N4O5S3. The van der Waals surface area contributed by atoms with Crippen molar-refractivity contribution in [3.05, 3.63) is 47.0 Å². The van der Waals surface area contributed by atoms with E-state index in [0.717, 1.165) is 28.1 Å². The van der Waals surface area contributed by atoms with Gasteiger partial charge in [0.05, 0.1) is 11.5 Å². The topological polar surface area (TPSA) is 108 Å². The van der Waals surface area contributed by atoms with E-state index in [4.69, 9.17) is 4.74 Å². The molecule has 0 spiro atoms. The second-order valence-electron chi connectivity index (χ2n) is 8.69. The summed E-state index contributed by atoms with van der Waals surface area (Å²) in [4.78, 5) is 27.8. The molecule has 0 aliphatic rings. The number of anilines is 1. The molecule has 37 heavy (non-hydrogen) atoms. The first-order valence-electron chi connectivity index (χ1n) is 11.8. The fourth-order valence-electron chi connectivity index (χ4n) is 3.32. The molecule has 2 rings (SSSR count). The van der Waals surface area contributed by atoms with Crippen molar-refractivity contribution in [1.82, 2.24) is 14.9 Å². The van der Waals surface area contributed by atoms with E-state index in [9.17, 15) is 18.0 Å². The Morgan fingerprint density at radius 1 is 1.08 bits per heavy atom. The van der Waals surface area contributed by atoms with Crippen molar-refractivity contribution in [1.29, 1.82) is 0 Å². The molecule has 2 N–H and O–H groups in total. The summed E-state index contributed by atoms with van der Waals surface area (Å²) in [6.45, 7) is 6.21. The van der Waals surface area contributed by atoms with Crippen LogP contribution in [0.15, 0.2) is 51.9 Å². The molecule has 0 saturated carbocycles. The quantitative estimate of drug-likeness (QED) is 0.196. The van der Waals surface area contributed by atoms with Crippen molar-refractivity contribution in [3.8, 4) is 0 Å². The lowest BCUT2D eigenvalue weighted by atomic mass is 10.1. The summed E-state index contributed by atoms with van der Waals surface area (Å²) in [5.74, 6) is 0. The maximum Gasteiger partial charge on any atom is 0.407 e. The smallest absolute Gasteiger partial charge is 0.407 e. The van der Waals surface area contributed by atoms with E-state index in [2.05, 4.69) is 23.9 Å². The molecular weight excluding hydrogens is 532 g/mol. The van der Waals surface area contributed by atoms with Crippen molar-refractivity contribution in [2.24, 2.45) is 0 Å². The van der Waals surface area contributed by atoms with Gasteiger partial charge in [0.25, 0.3) is 0 Å². The summed E-state index contributed by atoms with van der Waals surface area (Å²) in [7, 11) is 4.93. The Hall–Kier alpha value is -2.41. The minimum absolute atomic E-state index is 0.0104. The van der Waals surface area contributed by atoms with Gasteiger partial charge >= 0.3 is 6.09 Å². The lowest BCUT2D eigenvalue weighted by Gasteiger charge is -2.18. The molecule has 0 atom stereocenters. The van der Waals surface area contributed by atoms with Crippen molar-refractivity contribution < 1.29 is 22.7 Å². The van der Waals surface area contributed by atoms with Crippen LogP contribution in [0.25, 0.3) is 10.8 Å². The predicted octanol–water partition coefficient (Wildman–Crippen LogP) is 4.41. The van der Waals surface area contributed by atoms with E-state index >= 15 is 0 Å². The van der Waals surface area contributed by atoms with Gasteiger partial charge in [-0.2, -0.15) is 0 Å². The number of sulfonamides is 1. The van der Waals surface area contributed by atoms with Gasteiger partial charge in [-0.25, -0.2) is 17.9 Å². The number of alkyl carbamates (subject to hydrolysis) is 1. The molecule has 2 amide bonds. The van der Waals surface area contributed by atoms with Gasteiger partial charge in [0.1, 0.15) is 0 Å². The van der Waals surface area contributed by atoms with Gasteiger partial charge in [0.2, 0.25) is 16.4 Å². The van der Waals surface area contributed by atoms with E-state index in [-0.39, 0.29) is 24.6 Å². The number of allylic oxidation sites excluding steroid dienone is 1. The van der Waals surface area contributed by atoms with Crippen LogP contribution in [0.5, 0.6) is 0 Å². The molecule has 0 aliphatic carbocycles. The van der Waals surface area contributed by atoms with Gasteiger partial charge in [-0.1, -0.05) is 59.7 Å². The van der Waals surface area contributed by atoms with Gasteiger partial charge in [0.15, 0.2) is 0 Å². The molecule has 0 radical (unpaired) electrons. The highest BCUT2D eigenvalue weighted by Crippen LogP contribution is 2.37. The maximum atomic E-state index is 13.0. The zero-order chi connectivity index (χ0) is 27.6. The summed E-state index contributed by atoms with van der Waals surface area (Å²) >= 11 is 0. The Balaban J connectivity index is 1.90. The highest BCUT2D eigenvalue weighted by molar-refractivity contribution is 8.78. The number of hydrogen-bond acceptors (Lipinski definition) is 8.